The predicted molar refractivity (Wildman–Crippen MR) is 78.5 cm³/mol. The number of nitro groups is 1. The molecule has 0 aromatic heterocycles. The Hall–Kier alpha value is -1.66. The molecule has 1 aliphatic rings. The maximum Gasteiger partial charge on any atom is 0.273 e. The molecular formula is C13H18ClN3O3. The molecule has 1 amide bonds. The summed E-state index contributed by atoms with van der Waals surface area (Å²) in [4.78, 5) is 24.6. The number of nitro benzene ring substituents is 1. The first-order chi connectivity index (χ1) is 9.11. The van der Waals surface area contributed by atoms with Gasteiger partial charge in [0.15, 0.2) is 0 Å². The topological polar surface area (TPSA) is 75.5 Å². The molecule has 110 valence electrons. The molecule has 0 radical (unpaired) electrons. The highest BCUT2D eigenvalue weighted by molar-refractivity contribution is 5.96. The highest BCUT2D eigenvalue weighted by atomic mass is 35.5. The minimum Gasteiger partial charge on any atom is -0.337 e. The van der Waals surface area contributed by atoms with E-state index in [1.807, 2.05) is 0 Å². The summed E-state index contributed by atoms with van der Waals surface area (Å²) in [5, 5.41) is 14.1. The van der Waals surface area contributed by atoms with Crippen LogP contribution in [0.3, 0.4) is 0 Å². The quantitative estimate of drug-likeness (QED) is 0.667. The van der Waals surface area contributed by atoms with Gasteiger partial charge in [0.05, 0.1) is 4.92 Å². The van der Waals surface area contributed by atoms with Gasteiger partial charge in [0.2, 0.25) is 0 Å². The molecule has 1 aromatic rings. The average Bonchev–Trinajstić information content (AvgIpc) is 2.66. The van der Waals surface area contributed by atoms with E-state index in [1.165, 1.54) is 6.07 Å². The van der Waals surface area contributed by atoms with Gasteiger partial charge in [-0.3, -0.25) is 14.9 Å². The fraction of sp³-hybridized carbons (Fsp3) is 0.462. The number of carbonyl (C=O) groups is 1. The van der Waals surface area contributed by atoms with Gasteiger partial charge in [-0.1, -0.05) is 6.07 Å². The van der Waals surface area contributed by atoms with E-state index < -0.39 is 4.92 Å². The fourth-order valence-electron chi connectivity index (χ4n) is 2.27. The van der Waals surface area contributed by atoms with E-state index in [4.69, 9.17) is 0 Å². The molecule has 0 aliphatic carbocycles. The van der Waals surface area contributed by atoms with Crippen molar-refractivity contribution in [1.29, 1.82) is 0 Å². The molecule has 1 heterocycles. The number of amides is 1. The molecule has 1 N–H and O–H groups in total. The maximum absolute atomic E-state index is 12.4. The van der Waals surface area contributed by atoms with Crippen LogP contribution in [0, 0.1) is 17.0 Å². The minimum atomic E-state index is -0.448. The lowest BCUT2D eigenvalue weighted by atomic mass is 10.1. The van der Waals surface area contributed by atoms with Crippen LogP contribution >= 0.6 is 12.4 Å². The number of hydrogen-bond donors (Lipinski definition) is 1. The van der Waals surface area contributed by atoms with E-state index in [-0.39, 0.29) is 24.0 Å². The van der Waals surface area contributed by atoms with Gasteiger partial charge in [0, 0.05) is 36.8 Å². The van der Waals surface area contributed by atoms with E-state index in [2.05, 4.69) is 5.32 Å². The van der Waals surface area contributed by atoms with Crippen molar-refractivity contribution in [1.82, 2.24) is 10.2 Å². The summed E-state index contributed by atoms with van der Waals surface area (Å²) in [6, 6.07) is 4.65. The van der Waals surface area contributed by atoms with E-state index in [1.54, 1.807) is 24.0 Å². The Bertz CT molecular complexity index is 500. The number of carbonyl (C=O) groups excluding carboxylic acids is 1. The molecule has 7 heteroatoms. The Morgan fingerprint density at radius 3 is 2.80 bits per heavy atom. The maximum atomic E-state index is 12.4. The molecule has 0 saturated carbocycles. The lowest BCUT2D eigenvalue weighted by molar-refractivity contribution is -0.385. The van der Waals surface area contributed by atoms with Gasteiger partial charge < -0.3 is 10.2 Å². The predicted octanol–water partition coefficient (Wildman–Crippen LogP) is 1.76. The molecule has 0 unspecified atom stereocenters. The van der Waals surface area contributed by atoms with Crippen LogP contribution < -0.4 is 5.32 Å². The van der Waals surface area contributed by atoms with Crippen LogP contribution in [0.25, 0.3) is 0 Å². The summed E-state index contributed by atoms with van der Waals surface area (Å²) in [5.41, 5.74) is 0.865. The Morgan fingerprint density at radius 1 is 1.35 bits per heavy atom. The van der Waals surface area contributed by atoms with Crippen molar-refractivity contribution < 1.29 is 9.72 Å². The van der Waals surface area contributed by atoms with E-state index >= 15 is 0 Å². The largest absolute Gasteiger partial charge is 0.337 e. The Morgan fingerprint density at radius 2 is 2.10 bits per heavy atom. The molecule has 0 spiro atoms. The zero-order valence-electron chi connectivity index (χ0n) is 11.3. The van der Waals surface area contributed by atoms with Crippen molar-refractivity contribution >= 4 is 24.0 Å². The molecule has 1 aromatic carbocycles. The highest BCUT2D eigenvalue weighted by Crippen LogP contribution is 2.22. The fourth-order valence-corrected chi connectivity index (χ4v) is 2.27. The average molecular weight is 300 g/mol. The third kappa shape index (κ3) is 3.46. The van der Waals surface area contributed by atoms with Gasteiger partial charge in [0.1, 0.15) is 0 Å². The molecule has 6 nitrogen and oxygen atoms in total. The summed E-state index contributed by atoms with van der Waals surface area (Å²) in [7, 11) is 0. The summed E-state index contributed by atoms with van der Waals surface area (Å²) in [6.07, 6.45) is 0.902. The van der Waals surface area contributed by atoms with Gasteiger partial charge in [-0.15, -0.1) is 12.4 Å². The Balaban J connectivity index is 0.00000200. The number of nitrogens with zero attached hydrogens (tertiary/aromatic N) is 2. The lowest BCUT2D eigenvalue weighted by Crippen LogP contribution is -2.34. The molecule has 20 heavy (non-hydrogen) atoms. The van der Waals surface area contributed by atoms with Crippen LogP contribution in [0.2, 0.25) is 0 Å². The Labute approximate surface area is 123 Å². The van der Waals surface area contributed by atoms with Gasteiger partial charge >= 0.3 is 0 Å². The van der Waals surface area contributed by atoms with Crippen LogP contribution in [0.4, 0.5) is 5.69 Å². The van der Waals surface area contributed by atoms with Gasteiger partial charge in [-0.25, -0.2) is 0 Å². The van der Waals surface area contributed by atoms with Crippen molar-refractivity contribution in [3.05, 3.63) is 39.4 Å². The van der Waals surface area contributed by atoms with Crippen LogP contribution in [0.5, 0.6) is 0 Å². The van der Waals surface area contributed by atoms with Crippen LogP contribution in [-0.2, 0) is 0 Å². The van der Waals surface area contributed by atoms with Crippen molar-refractivity contribution in [2.75, 3.05) is 26.2 Å². The monoisotopic (exact) mass is 299 g/mol. The Kier molecular flexibility index (Phi) is 5.91. The van der Waals surface area contributed by atoms with Gasteiger partial charge in [-0.05, 0) is 26.0 Å². The number of halogens is 1. The molecular weight excluding hydrogens is 282 g/mol. The second-order valence-electron chi connectivity index (χ2n) is 4.60. The minimum absolute atomic E-state index is 0. The zero-order valence-corrected chi connectivity index (χ0v) is 12.1. The normalized spacial score (nSPS) is 15.2. The SMILES string of the molecule is Cc1c(C(=O)N2CCCNCC2)cccc1[N+](=O)[O-].Cl. The smallest absolute Gasteiger partial charge is 0.273 e. The van der Waals surface area contributed by atoms with Crippen LogP contribution in [0.15, 0.2) is 18.2 Å². The van der Waals surface area contributed by atoms with E-state index in [9.17, 15) is 14.9 Å². The third-order valence-electron chi connectivity index (χ3n) is 3.36. The first-order valence-electron chi connectivity index (χ1n) is 6.35. The molecule has 1 fully saturated rings. The van der Waals surface area contributed by atoms with Crippen molar-refractivity contribution in [3.8, 4) is 0 Å². The van der Waals surface area contributed by atoms with Crippen molar-refractivity contribution in [2.45, 2.75) is 13.3 Å². The van der Waals surface area contributed by atoms with Gasteiger partial charge in [0.25, 0.3) is 11.6 Å². The summed E-state index contributed by atoms with van der Waals surface area (Å²) in [5.74, 6) is -0.120. The van der Waals surface area contributed by atoms with Crippen LogP contribution in [0.1, 0.15) is 22.3 Å². The molecule has 1 aliphatic heterocycles. The summed E-state index contributed by atoms with van der Waals surface area (Å²) >= 11 is 0. The third-order valence-corrected chi connectivity index (χ3v) is 3.36. The van der Waals surface area contributed by atoms with E-state index in [0.29, 0.717) is 24.2 Å². The summed E-state index contributed by atoms with van der Waals surface area (Å²) in [6.45, 7) is 4.62. The molecule has 0 bridgehead atoms. The van der Waals surface area contributed by atoms with Gasteiger partial charge in [-0.2, -0.15) is 0 Å². The van der Waals surface area contributed by atoms with Crippen molar-refractivity contribution in [3.63, 3.8) is 0 Å². The number of nitrogens with one attached hydrogen (secondary N) is 1. The molecule has 1 saturated heterocycles. The van der Waals surface area contributed by atoms with Crippen molar-refractivity contribution in [2.24, 2.45) is 0 Å². The standard InChI is InChI=1S/C13H17N3O3.ClH/c1-10-11(4-2-5-12(10)16(18)19)13(17)15-8-3-6-14-7-9-15;/h2,4-5,14H,3,6-9H2,1H3;1H. The number of hydrogen-bond acceptors (Lipinski definition) is 4. The second-order valence-corrected chi connectivity index (χ2v) is 4.60. The zero-order chi connectivity index (χ0) is 13.8. The molecule has 2 rings (SSSR count). The second kappa shape index (κ2) is 7.21. The number of rotatable bonds is 2. The molecule has 0 atom stereocenters. The summed E-state index contributed by atoms with van der Waals surface area (Å²) < 4.78 is 0. The van der Waals surface area contributed by atoms with E-state index in [0.717, 1.165) is 19.5 Å². The first-order valence-corrected chi connectivity index (χ1v) is 6.35. The number of benzene rings is 1. The first kappa shape index (κ1) is 16.4. The van der Waals surface area contributed by atoms with Crippen LogP contribution in [-0.4, -0.2) is 41.9 Å². The highest BCUT2D eigenvalue weighted by Gasteiger charge is 2.22. The lowest BCUT2D eigenvalue weighted by Gasteiger charge is -2.20.